The van der Waals surface area contributed by atoms with Crippen molar-refractivity contribution in [3.63, 3.8) is 0 Å². The third-order valence-corrected chi connectivity index (χ3v) is 4.99. The summed E-state index contributed by atoms with van der Waals surface area (Å²) in [5.74, 6) is 0.680. The zero-order chi connectivity index (χ0) is 15.6. The molecule has 0 aliphatic carbocycles. The standard InChI is InChI=1S/C14H24N2O3S/c1-10(14(2,3)4)9-16-20(17,18)11-6-7-13(19-5)12(15)8-11/h6-8,10,16H,9,15H2,1-5H3. The van der Waals surface area contributed by atoms with Crippen LogP contribution < -0.4 is 15.2 Å². The van der Waals surface area contributed by atoms with E-state index in [1.54, 1.807) is 6.07 Å². The van der Waals surface area contributed by atoms with Crippen molar-refractivity contribution >= 4 is 15.7 Å². The van der Waals surface area contributed by atoms with Crippen LogP contribution in [0.3, 0.4) is 0 Å². The molecule has 0 bridgehead atoms. The fraction of sp³-hybridized carbons (Fsp3) is 0.571. The van der Waals surface area contributed by atoms with Gasteiger partial charge in [0.25, 0.3) is 0 Å². The third kappa shape index (κ3) is 4.11. The highest BCUT2D eigenvalue weighted by molar-refractivity contribution is 7.89. The van der Waals surface area contributed by atoms with Crippen molar-refractivity contribution in [3.05, 3.63) is 18.2 Å². The highest BCUT2D eigenvalue weighted by Gasteiger charge is 2.23. The van der Waals surface area contributed by atoms with Gasteiger partial charge in [-0.2, -0.15) is 0 Å². The molecule has 1 atom stereocenters. The molecule has 0 saturated carbocycles. The number of nitrogens with one attached hydrogen (secondary N) is 1. The minimum atomic E-state index is -3.55. The van der Waals surface area contributed by atoms with E-state index in [2.05, 4.69) is 25.5 Å². The summed E-state index contributed by atoms with van der Waals surface area (Å²) in [6.45, 7) is 8.65. The summed E-state index contributed by atoms with van der Waals surface area (Å²) in [6.07, 6.45) is 0. The molecule has 0 heterocycles. The molecular formula is C14H24N2O3S. The van der Waals surface area contributed by atoms with Crippen LogP contribution in [0, 0.1) is 11.3 Å². The van der Waals surface area contributed by atoms with Crippen molar-refractivity contribution in [3.8, 4) is 5.75 Å². The number of nitrogens with two attached hydrogens (primary N) is 1. The van der Waals surface area contributed by atoms with E-state index in [-0.39, 0.29) is 16.2 Å². The van der Waals surface area contributed by atoms with Crippen LogP contribution in [0.2, 0.25) is 0 Å². The molecule has 114 valence electrons. The van der Waals surface area contributed by atoms with Crippen LogP contribution >= 0.6 is 0 Å². The number of rotatable bonds is 5. The van der Waals surface area contributed by atoms with Crippen LogP contribution in [0.4, 0.5) is 5.69 Å². The molecule has 0 amide bonds. The summed E-state index contributed by atoms with van der Waals surface area (Å²) in [5, 5.41) is 0. The highest BCUT2D eigenvalue weighted by Crippen LogP contribution is 2.26. The molecule has 1 aromatic rings. The lowest BCUT2D eigenvalue weighted by Gasteiger charge is -2.27. The monoisotopic (exact) mass is 300 g/mol. The second-order valence-electron chi connectivity index (χ2n) is 6.02. The van der Waals surface area contributed by atoms with E-state index in [0.717, 1.165) is 0 Å². The Morgan fingerprint density at radius 2 is 1.95 bits per heavy atom. The number of ether oxygens (including phenoxy) is 1. The molecule has 0 radical (unpaired) electrons. The number of sulfonamides is 1. The molecule has 0 saturated heterocycles. The smallest absolute Gasteiger partial charge is 0.240 e. The van der Waals surface area contributed by atoms with Gasteiger partial charge in [-0.15, -0.1) is 0 Å². The Labute approximate surface area is 121 Å². The molecule has 5 nitrogen and oxygen atoms in total. The lowest BCUT2D eigenvalue weighted by atomic mass is 9.82. The normalized spacial score (nSPS) is 14.1. The maximum absolute atomic E-state index is 12.2. The summed E-state index contributed by atoms with van der Waals surface area (Å²) in [6, 6.07) is 4.44. The summed E-state index contributed by atoms with van der Waals surface area (Å²) >= 11 is 0. The average molecular weight is 300 g/mol. The summed E-state index contributed by atoms with van der Waals surface area (Å²) in [7, 11) is -2.06. The quantitative estimate of drug-likeness (QED) is 0.817. The third-order valence-electron chi connectivity index (χ3n) is 3.57. The average Bonchev–Trinajstić information content (AvgIpc) is 2.34. The van der Waals surface area contributed by atoms with E-state index in [0.29, 0.717) is 18.0 Å². The zero-order valence-corrected chi connectivity index (χ0v) is 13.5. The summed E-state index contributed by atoms with van der Waals surface area (Å²) in [4.78, 5) is 0.150. The van der Waals surface area contributed by atoms with Gasteiger partial charge in [-0.05, 0) is 29.5 Å². The Bertz CT molecular complexity index is 562. The second-order valence-corrected chi connectivity index (χ2v) is 7.79. The van der Waals surface area contributed by atoms with Crippen LogP contribution in [-0.4, -0.2) is 22.1 Å². The van der Waals surface area contributed by atoms with Gasteiger partial charge in [-0.25, -0.2) is 13.1 Å². The molecule has 6 heteroatoms. The van der Waals surface area contributed by atoms with Gasteiger partial charge in [0.15, 0.2) is 0 Å². The number of methoxy groups -OCH3 is 1. The van der Waals surface area contributed by atoms with Crippen LogP contribution in [0.25, 0.3) is 0 Å². The lowest BCUT2D eigenvalue weighted by molar-refractivity contribution is 0.263. The van der Waals surface area contributed by atoms with Crippen LogP contribution in [0.15, 0.2) is 23.1 Å². The Morgan fingerprint density at radius 1 is 1.35 bits per heavy atom. The molecular weight excluding hydrogens is 276 g/mol. The van der Waals surface area contributed by atoms with E-state index < -0.39 is 10.0 Å². The van der Waals surface area contributed by atoms with Crippen molar-refractivity contribution in [1.82, 2.24) is 4.72 Å². The molecule has 3 N–H and O–H groups in total. The van der Waals surface area contributed by atoms with Gasteiger partial charge in [0.2, 0.25) is 10.0 Å². The van der Waals surface area contributed by atoms with Gasteiger partial charge in [-0.1, -0.05) is 27.7 Å². The fourth-order valence-electron chi connectivity index (χ4n) is 1.50. The number of hydrogen-bond donors (Lipinski definition) is 2. The second kappa shape index (κ2) is 6.01. The number of nitrogen functional groups attached to an aromatic ring is 1. The van der Waals surface area contributed by atoms with Gasteiger partial charge in [0.05, 0.1) is 17.7 Å². The molecule has 0 aliphatic heterocycles. The van der Waals surface area contributed by atoms with Gasteiger partial charge in [0.1, 0.15) is 5.75 Å². The molecule has 0 spiro atoms. The fourth-order valence-corrected chi connectivity index (χ4v) is 2.67. The Morgan fingerprint density at radius 3 is 2.40 bits per heavy atom. The van der Waals surface area contributed by atoms with Crippen molar-refractivity contribution in [1.29, 1.82) is 0 Å². The van der Waals surface area contributed by atoms with Crippen molar-refractivity contribution in [2.45, 2.75) is 32.6 Å². The van der Waals surface area contributed by atoms with E-state index in [1.807, 2.05) is 6.92 Å². The minimum absolute atomic E-state index is 0.0431. The zero-order valence-electron chi connectivity index (χ0n) is 12.7. The molecule has 0 aliphatic rings. The molecule has 0 fully saturated rings. The molecule has 1 unspecified atom stereocenters. The minimum Gasteiger partial charge on any atom is -0.495 e. The molecule has 1 aromatic carbocycles. The number of anilines is 1. The van der Waals surface area contributed by atoms with E-state index in [4.69, 9.17) is 10.5 Å². The predicted molar refractivity (Wildman–Crippen MR) is 81.2 cm³/mol. The predicted octanol–water partition coefficient (Wildman–Crippen LogP) is 2.24. The summed E-state index contributed by atoms with van der Waals surface area (Å²) < 4.78 is 32.1. The number of hydrogen-bond acceptors (Lipinski definition) is 4. The number of benzene rings is 1. The van der Waals surface area contributed by atoms with Crippen LogP contribution in [-0.2, 0) is 10.0 Å². The first-order valence-corrected chi connectivity index (χ1v) is 7.99. The molecule has 20 heavy (non-hydrogen) atoms. The SMILES string of the molecule is COc1ccc(S(=O)(=O)NCC(C)C(C)(C)C)cc1N. The molecule has 1 rings (SSSR count). The maximum atomic E-state index is 12.2. The van der Waals surface area contributed by atoms with Crippen LogP contribution in [0.5, 0.6) is 5.75 Å². The Balaban J connectivity index is 2.87. The topological polar surface area (TPSA) is 81.4 Å². The van der Waals surface area contributed by atoms with Gasteiger partial charge < -0.3 is 10.5 Å². The van der Waals surface area contributed by atoms with Crippen molar-refractivity contribution in [2.75, 3.05) is 19.4 Å². The van der Waals surface area contributed by atoms with E-state index >= 15 is 0 Å². The van der Waals surface area contributed by atoms with E-state index in [9.17, 15) is 8.42 Å². The van der Waals surface area contributed by atoms with Gasteiger partial charge in [0, 0.05) is 6.54 Å². The van der Waals surface area contributed by atoms with Crippen molar-refractivity contribution < 1.29 is 13.2 Å². The summed E-state index contributed by atoms with van der Waals surface area (Å²) in [5.41, 5.74) is 6.08. The maximum Gasteiger partial charge on any atom is 0.240 e. The Hall–Kier alpha value is -1.27. The molecule has 0 aromatic heterocycles. The Kier molecular flexibility index (Phi) is 5.05. The largest absolute Gasteiger partial charge is 0.495 e. The van der Waals surface area contributed by atoms with Gasteiger partial charge >= 0.3 is 0 Å². The first-order chi connectivity index (χ1) is 9.08. The van der Waals surface area contributed by atoms with Crippen molar-refractivity contribution in [2.24, 2.45) is 11.3 Å². The van der Waals surface area contributed by atoms with Crippen LogP contribution in [0.1, 0.15) is 27.7 Å². The first-order valence-electron chi connectivity index (χ1n) is 6.51. The van der Waals surface area contributed by atoms with Gasteiger partial charge in [-0.3, -0.25) is 0 Å². The first kappa shape index (κ1) is 16.8. The lowest BCUT2D eigenvalue weighted by Crippen LogP contribution is -2.33. The van der Waals surface area contributed by atoms with E-state index in [1.165, 1.54) is 19.2 Å². The highest BCUT2D eigenvalue weighted by atomic mass is 32.2.